The lowest BCUT2D eigenvalue weighted by atomic mass is 10.2. The van der Waals surface area contributed by atoms with Gasteiger partial charge in [0.25, 0.3) is 0 Å². The number of aliphatic imine (C=N–C) groups is 1. The van der Waals surface area contributed by atoms with Crippen LogP contribution in [0.4, 0.5) is 5.69 Å². The average Bonchev–Trinajstić information content (AvgIpc) is 3.35. The number of ether oxygens (including phenoxy) is 1. The molecular weight excluding hydrogens is 378 g/mol. The van der Waals surface area contributed by atoms with E-state index in [0.717, 1.165) is 55.0 Å². The molecule has 0 aliphatic carbocycles. The Morgan fingerprint density at radius 1 is 1.10 bits per heavy atom. The number of anilines is 1. The number of methoxy groups -OCH3 is 1. The standard InChI is InChI=1S/C22H27N7O/c1-23-22(25-17-18-8-10-24-21(16-18)29-11-5-9-26-29)28-14-12-27(13-15-28)19-6-3-4-7-20(19)30-2/h3-11,16H,12-15,17H2,1-2H3,(H,23,25). The van der Waals surface area contributed by atoms with Gasteiger partial charge < -0.3 is 19.9 Å². The van der Waals surface area contributed by atoms with Crippen molar-refractivity contribution >= 4 is 11.6 Å². The highest BCUT2D eigenvalue weighted by Crippen LogP contribution is 2.28. The molecule has 2 aromatic heterocycles. The second kappa shape index (κ2) is 9.30. The third-order valence-electron chi connectivity index (χ3n) is 5.22. The first-order valence-electron chi connectivity index (χ1n) is 10.1. The van der Waals surface area contributed by atoms with Gasteiger partial charge in [-0.25, -0.2) is 9.67 Å². The van der Waals surface area contributed by atoms with E-state index < -0.39 is 0 Å². The summed E-state index contributed by atoms with van der Waals surface area (Å²) in [5, 5.41) is 7.73. The van der Waals surface area contributed by atoms with E-state index in [-0.39, 0.29) is 0 Å². The molecule has 3 aromatic rings. The highest BCUT2D eigenvalue weighted by molar-refractivity contribution is 5.80. The molecule has 30 heavy (non-hydrogen) atoms. The number of nitrogens with one attached hydrogen (secondary N) is 1. The monoisotopic (exact) mass is 405 g/mol. The van der Waals surface area contributed by atoms with Gasteiger partial charge in [-0.1, -0.05) is 12.1 Å². The fraction of sp³-hybridized carbons (Fsp3) is 0.318. The fourth-order valence-electron chi connectivity index (χ4n) is 3.66. The van der Waals surface area contributed by atoms with Crippen LogP contribution in [0.1, 0.15) is 5.56 Å². The first kappa shape index (κ1) is 19.8. The number of piperazine rings is 1. The van der Waals surface area contributed by atoms with Crippen LogP contribution in [-0.4, -0.2) is 66.0 Å². The topological polar surface area (TPSA) is 70.8 Å². The molecule has 3 heterocycles. The maximum atomic E-state index is 5.52. The Morgan fingerprint density at radius 2 is 1.93 bits per heavy atom. The van der Waals surface area contributed by atoms with Crippen molar-refractivity contribution in [2.45, 2.75) is 6.54 Å². The number of benzene rings is 1. The minimum absolute atomic E-state index is 0.677. The summed E-state index contributed by atoms with van der Waals surface area (Å²) in [6.45, 7) is 4.30. The third kappa shape index (κ3) is 4.37. The quantitative estimate of drug-likeness (QED) is 0.518. The first-order valence-corrected chi connectivity index (χ1v) is 10.1. The summed E-state index contributed by atoms with van der Waals surface area (Å²) in [5.74, 6) is 2.63. The summed E-state index contributed by atoms with van der Waals surface area (Å²) in [6, 6.07) is 14.1. The molecule has 0 bridgehead atoms. The molecule has 8 nitrogen and oxygen atoms in total. The average molecular weight is 406 g/mol. The van der Waals surface area contributed by atoms with Crippen LogP contribution in [0.15, 0.2) is 66.0 Å². The van der Waals surface area contributed by atoms with Crippen molar-refractivity contribution in [3.8, 4) is 11.6 Å². The minimum atomic E-state index is 0.677. The second-order valence-electron chi connectivity index (χ2n) is 7.02. The van der Waals surface area contributed by atoms with Crippen LogP contribution in [0, 0.1) is 0 Å². The molecule has 1 N–H and O–H groups in total. The lowest BCUT2D eigenvalue weighted by molar-refractivity contribution is 0.367. The van der Waals surface area contributed by atoms with Gasteiger partial charge in [0.05, 0.1) is 12.8 Å². The number of nitrogens with zero attached hydrogens (tertiary/aromatic N) is 6. The van der Waals surface area contributed by atoms with E-state index in [2.05, 4.69) is 42.3 Å². The van der Waals surface area contributed by atoms with Crippen LogP contribution in [-0.2, 0) is 6.54 Å². The molecule has 1 saturated heterocycles. The Kier molecular flexibility index (Phi) is 6.12. The van der Waals surface area contributed by atoms with E-state index in [4.69, 9.17) is 4.74 Å². The number of hydrogen-bond acceptors (Lipinski definition) is 5. The Morgan fingerprint density at radius 3 is 2.67 bits per heavy atom. The fourth-order valence-corrected chi connectivity index (χ4v) is 3.66. The van der Waals surface area contributed by atoms with Crippen molar-refractivity contribution < 1.29 is 4.74 Å². The Hall–Kier alpha value is -3.55. The summed E-state index contributed by atoms with van der Waals surface area (Å²) < 4.78 is 7.27. The summed E-state index contributed by atoms with van der Waals surface area (Å²) in [6.07, 6.45) is 5.45. The van der Waals surface area contributed by atoms with Gasteiger partial charge in [0.15, 0.2) is 11.8 Å². The normalized spacial score (nSPS) is 14.7. The SMILES string of the molecule is CN=C(NCc1ccnc(-n2cccn2)c1)N1CCN(c2ccccc2OC)CC1. The number of hydrogen-bond donors (Lipinski definition) is 1. The van der Waals surface area contributed by atoms with Gasteiger partial charge >= 0.3 is 0 Å². The maximum Gasteiger partial charge on any atom is 0.194 e. The van der Waals surface area contributed by atoms with Crippen molar-refractivity contribution in [3.63, 3.8) is 0 Å². The predicted octanol–water partition coefficient (Wildman–Crippen LogP) is 2.17. The summed E-state index contributed by atoms with van der Waals surface area (Å²) in [7, 11) is 3.55. The number of guanidine groups is 1. The molecule has 0 atom stereocenters. The molecule has 0 radical (unpaired) electrons. The van der Waals surface area contributed by atoms with E-state index in [0.29, 0.717) is 6.54 Å². The third-order valence-corrected chi connectivity index (χ3v) is 5.22. The number of pyridine rings is 1. The van der Waals surface area contributed by atoms with Gasteiger partial charge in [-0.3, -0.25) is 4.99 Å². The van der Waals surface area contributed by atoms with E-state index >= 15 is 0 Å². The Balaban J connectivity index is 1.35. The van der Waals surface area contributed by atoms with Crippen molar-refractivity contribution in [1.82, 2.24) is 25.0 Å². The molecule has 0 spiro atoms. The van der Waals surface area contributed by atoms with Crippen molar-refractivity contribution in [3.05, 3.63) is 66.6 Å². The number of aromatic nitrogens is 3. The largest absolute Gasteiger partial charge is 0.495 e. The van der Waals surface area contributed by atoms with Crippen LogP contribution >= 0.6 is 0 Å². The van der Waals surface area contributed by atoms with Gasteiger partial charge in [0.2, 0.25) is 0 Å². The van der Waals surface area contributed by atoms with Crippen molar-refractivity contribution in [2.24, 2.45) is 4.99 Å². The second-order valence-corrected chi connectivity index (χ2v) is 7.02. The van der Waals surface area contributed by atoms with Gasteiger partial charge in [-0.15, -0.1) is 0 Å². The van der Waals surface area contributed by atoms with Gasteiger partial charge in [-0.2, -0.15) is 5.10 Å². The smallest absolute Gasteiger partial charge is 0.194 e. The maximum absolute atomic E-state index is 5.52. The van der Waals surface area contributed by atoms with Crippen molar-refractivity contribution in [1.29, 1.82) is 0 Å². The summed E-state index contributed by atoms with van der Waals surface area (Å²) >= 11 is 0. The number of para-hydroxylation sites is 2. The first-order chi connectivity index (χ1) is 14.8. The predicted molar refractivity (Wildman–Crippen MR) is 118 cm³/mol. The van der Waals surface area contributed by atoms with E-state index in [1.807, 2.05) is 49.8 Å². The van der Waals surface area contributed by atoms with Crippen LogP contribution < -0.4 is 15.0 Å². The molecule has 8 heteroatoms. The molecule has 1 aliphatic heterocycles. The number of rotatable bonds is 5. The zero-order valence-electron chi connectivity index (χ0n) is 17.4. The molecule has 4 rings (SSSR count). The molecule has 1 aromatic carbocycles. The minimum Gasteiger partial charge on any atom is -0.495 e. The lowest BCUT2D eigenvalue weighted by Gasteiger charge is -2.38. The zero-order valence-corrected chi connectivity index (χ0v) is 17.4. The van der Waals surface area contributed by atoms with E-state index in [1.165, 1.54) is 0 Å². The zero-order chi connectivity index (χ0) is 20.8. The van der Waals surface area contributed by atoms with E-state index in [1.54, 1.807) is 18.0 Å². The van der Waals surface area contributed by atoms with Crippen molar-refractivity contribution in [2.75, 3.05) is 45.2 Å². The van der Waals surface area contributed by atoms with Gasteiger partial charge in [-0.05, 0) is 35.9 Å². The van der Waals surface area contributed by atoms with Crippen LogP contribution in [0.2, 0.25) is 0 Å². The molecule has 0 unspecified atom stereocenters. The molecule has 0 saturated carbocycles. The summed E-state index contributed by atoms with van der Waals surface area (Å²) in [4.78, 5) is 13.5. The summed E-state index contributed by atoms with van der Waals surface area (Å²) in [5.41, 5.74) is 2.27. The van der Waals surface area contributed by atoms with Crippen LogP contribution in [0.5, 0.6) is 5.75 Å². The molecular formula is C22H27N7O. The molecule has 1 fully saturated rings. The van der Waals surface area contributed by atoms with Gasteiger partial charge in [0, 0.05) is 58.4 Å². The molecule has 156 valence electrons. The Bertz CT molecular complexity index is 979. The van der Waals surface area contributed by atoms with Gasteiger partial charge in [0.1, 0.15) is 5.75 Å². The van der Waals surface area contributed by atoms with Crippen LogP contribution in [0.3, 0.4) is 0 Å². The molecule has 0 amide bonds. The highest BCUT2D eigenvalue weighted by Gasteiger charge is 2.21. The lowest BCUT2D eigenvalue weighted by Crippen LogP contribution is -2.52. The highest BCUT2D eigenvalue weighted by atomic mass is 16.5. The van der Waals surface area contributed by atoms with Crippen LogP contribution in [0.25, 0.3) is 5.82 Å². The molecule has 1 aliphatic rings. The Labute approximate surface area is 176 Å². The van der Waals surface area contributed by atoms with E-state index in [9.17, 15) is 0 Å².